The SMILES string of the molecule is Cn1nccc1-c1cc(NC(=O)Cc2ccc(F)cc2F)ccc1OCCN1CCOCC1. The Morgan fingerprint density at radius 2 is 1.97 bits per heavy atom. The highest BCUT2D eigenvalue weighted by Gasteiger charge is 2.15. The Hall–Kier alpha value is -3.30. The molecule has 1 aliphatic heterocycles. The largest absolute Gasteiger partial charge is 0.492 e. The maximum Gasteiger partial charge on any atom is 0.228 e. The van der Waals surface area contributed by atoms with Crippen molar-refractivity contribution < 1.29 is 23.0 Å². The van der Waals surface area contributed by atoms with E-state index < -0.39 is 17.5 Å². The molecule has 0 atom stereocenters. The van der Waals surface area contributed by atoms with Crippen LogP contribution in [0.4, 0.5) is 14.5 Å². The zero-order chi connectivity index (χ0) is 23.2. The van der Waals surface area contributed by atoms with Gasteiger partial charge in [0.05, 0.1) is 25.3 Å². The number of nitrogens with one attached hydrogen (secondary N) is 1. The first-order valence-electron chi connectivity index (χ1n) is 10.8. The lowest BCUT2D eigenvalue weighted by molar-refractivity contribution is -0.115. The Bertz CT molecular complexity index is 1110. The van der Waals surface area contributed by atoms with Crippen molar-refractivity contribution in [3.05, 3.63) is 65.9 Å². The number of hydrogen-bond donors (Lipinski definition) is 1. The zero-order valence-electron chi connectivity index (χ0n) is 18.4. The Morgan fingerprint density at radius 3 is 2.70 bits per heavy atom. The minimum absolute atomic E-state index is 0.129. The number of aromatic nitrogens is 2. The molecule has 1 aliphatic rings. The van der Waals surface area contributed by atoms with E-state index in [2.05, 4.69) is 15.3 Å². The third kappa shape index (κ3) is 5.94. The van der Waals surface area contributed by atoms with Crippen LogP contribution in [0.2, 0.25) is 0 Å². The second-order valence-corrected chi connectivity index (χ2v) is 7.81. The van der Waals surface area contributed by atoms with Crippen molar-refractivity contribution in [3.8, 4) is 17.0 Å². The van der Waals surface area contributed by atoms with E-state index in [0.29, 0.717) is 18.0 Å². The maximum absolute atomic E-state index is 13.9. The number of halogens is 2. The van der Waals surface area contributed by atoms with E-state index in [1.165, 1.54) is 6.07 Å². The lowest BCUT2D eigenvalue weighted by atomic mass is 10.1. The zero-order valence-corrected chi connectivity index (χ0v) is 18.4. The fraction of sp³-hybridized carbons (Fsp3) is 0.333. The van der Waals surface area contributed by atoms with Gasteiger partial charge in [0.2, 0.25) is 5.91 Å². The third-order valence-corrected chi connectivity index (χ3v) is 5.50. The number of morpholine rings is 1. The molecule has 1 saturated heterocycles. The summed E-state index contributed by atoms with van der Waals surface area (Å²) in [6, 6.07) is 10.4. The van der Waals surface area contributed by atoms with Crippen molar-refractivity contribution in [1.29, 1.82) is 0 Å². The van der Waals surface area contributed by atoms with Gasteiger partial charge in [0, 0.05) is 50.2 Å². The number of hydrogen-bond acceptors (Lipinski definition) is 5. The monoisotopic (exact) mass is 456 g/mol. The molecule has 7 nitrogen and oxygen atoms in total. The topological polar surface area (TPSA) is 68.6 Å². The molecule has 1 fully saturated rings. The van der Waals surface area contributed by atoms with Crippen LogP contribution in [0.5, 0.6) is 5.75 Å². The van der Waals surface area contributed by atoms with E-state index in [9.17, 15) is 13.6 Å². The number of ether oxygens (including phenoxy) is 2. The van der Waals surface area contributed by atoms with Crippen molar-refractivity contribution in [2.24, 2.45) is 7.05 Å². The molecule has 1 aromatic heterocycles. The van der Waals surface area contributed by atoms with Gasteiger partial charge in [0.25, 0.3) is 0 Å². The molecule has 1 N–H and O–H groups in total. The van der Waals surface area contributed by atoms with E-state index in [4.69, 9.17) is 9.47 Å². The predicted molar refractivity (Wildman–Crippen MR) is 120 cm³/mol. The van der Waals surface area contributed by atoms with Crippen LogP contribution in [0.1, 0.15) is 5.56 Å². The molecule has 2 heterocycles. The summed E-state index contributed by atoms with van der Waals surface area (Å²) in [5, 5.41) is 7.01. The Morgan fingerprint density at radius 1 is 1.15 bits per heavy atom. The van der Waals surface area contributed by atoms with Crippen LogP contribution < -0.4 is 10.1 Å². The van der Waals surface area contributed by atoms with Gasteiger partial charge in [0.1, 0.15) is 24.0 Å². The van der Waals surface area contributed by atoms with Gasteiger partial charge in [-0.05, 0) is 35.9 Å². The highest BCUT2D eigenvalue weighted by molar-refractivity contribution is 5.93. The summed E-state index contributed by atoms with van der Waals surface area (Å²) >= 11 is 0. The lowest BCUT2D eigenvalue weighted by Gasteiger charge is -2.26. The van der Waals surface area contributed by atoms with Crippen LogP contribution in [0.25, 0.3) is 11.3 Å². The summed E-state index contributed by atoms with van der Waals surface area (Å²) < 4.78 is 40.2. The van der Waals surface area contributed by atoms with Crippen LogP contribution in [-0.2, 0) is 23.0 Å². The van der Waals surface area contributed by atoms with Gasteiger partial charge in [-0.3, -0.25) is 14.4 Å². The van der Waals surface area contributed by atoms with E-state index in [1.807, 2.05) is 13.1 Å². The van der Waals surface area contributed by atoms with Crippen molar-refractivity contribution in [2.75, 3.05) is 44.8 Å². The Kier molecular flexibility index (Phi) is 7.31. The van der Waals surface area contributed by atoms with Gasteiger partial charge >= 0.3 is 0 Å². The molecule has 9 heteroatoms. The summed E-state index contributed by atoms with van der Waals surface area (Å²) in [6.45, 7) is 4.54. The minimum Gasteiger partial charge on any atom is -0.492 e. The number of rotatable bonds is 8. The minimum atomic E-state index is -0.746. The fourth-order valence-corrected chi connectivity index (χ4v) is 3.72. The fourth-order valence-electron chi connectivity index (χ4n) is 3.72. The third-order valence-electron chi connectivity index (χ3n) is 5.50. The molecule has 33 heavy (non-hydrogen) atoms. The van der Waals surface area contributed by atoms with E-state index in [0.717, 1.165) is 56.2 Å². The average Bonchev–Trinajstić information content (AvgIpc) is 3.23. The van der Waals surface area contributed by atoms with Crippen LogP contribution >= 0.6 is 0 Å². The van der Waals surface area contributed by atoms with Crippen molar-refractivity contribution in [2.45, 2.75) is 6.42 Å². The molecule has 1 amide bonds. The highest BCUT2D eigenvalue weighted by Crippen LogP contribution is 2.32. The molecule has 0 saturated carbocycles. The molecule has 3 aromatic rings. The first-order chi connectivity index (χ1) is 16.0. The van der Waals surface area contributed by atoms with Gasteiger partial charge in [-0.1, -0.05) is 6.07 Å². The second-order valence-electron chi connectivity index (χ2n) is 7.81. The Balaban J connectivity index is 1.47. The van der Waals surface area contributed by atoms with Crippen molar-refractivity contribution in [3.63, 3.8) is 0 Å². The molecule has 2 aromatic carbocycles. The summed E-state index contributed by atoms with van der Waals surface area (Å²) in [6.07, 6.45) is 1.49. The smallest absolute Gasteiger partial charge is 0.228 e. The van der Waals surface area contributed by atoms with Gasteiger partial charge in [0.15, 0.2) is 0 Å². The summed E-state index contributed by atoms with van der Waals surface area (Å²) in [7, 11) is 1.83. The predicted octanol–water partition coefficient (Wildman–Crippen LogP) is 3.26. The molecule has 0 radical (unpaired) electrons. The standard InChI is InChI=1S/C24H26F2N4O3/c1-29-22(6-7-27-29)20-16-19(28-24(31)14-17-2-3-18(25)15-21(17)26)4-5-23(20)33-13-10-30-8-11-32-12-9-30/h2-7,15-16H,8-14H2,1H3,(H,28,31). The first kappa shape index (κ1) is 22.9. The normalized spacial score (nSPS) is 14.3. The number of amides is 1. The van der Waals surface area contributed by atoms with Gasteiger partial charge < -0.3 is 14.8 Å². The number of benzene rings is 2. The van der Waals surface area contributed by atoms with Crippen LogP contribution in [0.15, 0.2) is 48.7 Å². The van der Waals surface area contributed by atoms with Crippen molar-refractivity contribution >= 4 is 11.6 Å². The molecule has 0 aliphatic carbocycles. The number of nitrogens with zero attached hydrogens (tertiary/aromatic N) is 3. The lowest BCUT2D eigenvalue weighted by Crippen LogP contribution is -2.38. The second kappa shape index (κ2) is 10.5. The van der Waals surface area contributed by atoms with Crippen LogP contribution in [0.3, 0.4) is 0 Å². The number of aryl methyl sites for hydroxylation is 1. The average molecular weight is 456 g/mol. The quantitative estimate of drug-likeness (QED) is 0.564. The number of anilines is 1. The maximum atomic E-state index is 13.9. The molecule has 174 valence electrons. The van der Waals surface area contributed by atoms with E-state index >= 15 is 0 Å². The van der Waals surface area contributed by atoms with Crippen molar-refractivity contribution in [1.82, 2.24) is 14.7 Å². The number of carbonyl (C=O) groups is 1. The highest BCUT2D eigenvalue weighted by atomic mass is 19.1. The van der Waals surface area contributed by atoms with Crippen LogP contribution in [-0.4, -0.2) is 60.0 Å². The molecular weight excluding hydrogens is 430 g/mol. The van der Waals surface area contributed by atoms with Crippen LogP contribution in [0, 0.1) is 11.6 Å². The molecule has 0 unspecified atom stereocenters. The van der Waals surface area contributed by atoms with E-state index in [-0.39, 0.29) is 12.0 Å². The first-order valence-corrected chi connectivity index (χ1v) is 10.8. The molecule has 0 bridgehead atoms. The summed E-state index contributed by atoms with van der Waals surface area (Å²) in [5.41, 5.74) is 2.28. The van der Waals surface area contributed by atoms with Gasteiger partial charge in [-0.2, -0.15) is 5.10 Å². The van der Waals surface area contributed by atoms with Gasteiger partial charge in [-0.25, -0.2) is 8.78 Å². The number of carbonyl (C=O) groups excluding carboxylic acids is 1. The Labute approximate surface area is 190 Å². The van der Waals surface area contributed by atoms with E-state index in [1.54, 1.807) is 29.1 Å². The van der Waals surface area contributed by atoms with Gasteiger partial charge in [-0.15, -0.1) is 0 Å². The molecule has 0 spiro atoms. The molecular formula is C24H26F2N4O3. The summed E-state index contributed by atoms with van der Waals surface area (Å²) in [5.74, 6) is -1.15. The summed E-state index contributed by atoms with van der Waals surface area (Å²) in [4.78, 5) is 14.8. The molecule has 4 rings (SSSR count).